The van der Waals surface area contributed by atoms with Gasteiger partial charge < -0.3 is 10.1 Å². The Morgan fingerprint density at radius 2 is 2.00 bits per heavy atom. The smallest absolute Gasteiger partial charge is 0.381 e. The largest absolute Gasteiger partial charge is 0.416 e. The SMILES string of the molecule is CCNC(c1ccc(Br)cc1C(F)(F)F)C1CCOCC1. The van der Waals surface area contributed by atoms with Crippen LogP contribution in [-0.2, 0) is 10.9 Å². The highest BCUT2D eigenvalue weighted by atomic mass is 79.9. The Bertz CT molecular complexity index is 472. The lowest BCUT2D eigenvalue weighted by Crippen LogP contribution is -2.33. The maximum Gasteiger partial charge on any atom is 0.416 e. The van der Waals surface area contributed by atoms with Crippen LogP contribution < -0.4 is 5.32 Å². The maximum atomic E-state index is 13.3. The van der Waals surface area contributed by atoms with Gasteiger partial charge in [0.05, 0.1) is 5.56 Å². The molecule has 0 amide bonds. The third kappa shape index (κ3) is 4.20. The van der Waals surface area contributed by atoms with E-state index in [2.05, 4.69) is 21.2 Å². The van der Waals surface area contributed by atoms with Gasteiger partial charge in [0.15, 0.2) is 0 Å². The van der Waals surface area contributed by atoms with Gasteiger partial charge in [0.1, 0.15) is 0 Å². The van der Waals surface area contributed by atoms with Crippen molar-refractivity contribution in [1.29, 1.82) is 0 Å². The molecule has 0 aliphatic carbocycles. The van der Waals surface area contributed by atoms with E-state index in [1.165, 1.54) is 6.07 Å². The van der Waals surface area contributed by atoms with Gasteiger partial charge in [-0.15, -0.1) is 0 Å². The van der Waals surface area contributed by atoms with Crippen LogP contribution in [0.4, 0.5) is 13.2 Å². The topological polar surface area (TPSA) is 21.3 Å². The monoisotopic (exact) mass is 365 g/mol. The second-order valence-electron chi connectivity index (χ2n) is 5.21. The first-order chi connectivity index (χ1) is 9.93. The summed E-state index contributed by atoms with van der Waals surface area (Å²) in [5.41, 5.74) is -0.228. The highest BCUT2D eigenvalue weighted by Crippen LogP contribution is 2.40. The zero-order valence-corrected chi connectivity index (χ0v) is 13.4. The van der Waals surface area contributed by atoms with Gasteiger partial charge in [0, 0.05) is 23.7 Å². The summed E-state index contributed by atoms with van der Waals surface area (Å²) in [6.07, 6.45) is -2.78. The summed E-state index contributed by atoms with van der Waals surface area (Å²) < 4.78 is 45.7. The Hall–Kier alpha value is -0.590. The molecule has 6 heteroatoms. The fourth-order valence-corrected chi connectivity index (χ4v) is 3.21. The van der Waals surface area contributed by atoms with Gasteiger partial charge in [-0.05, 0) is 43.0 Å². The highest BCUT2D eigenvalue weighted by Gasteiger charge is 2.37. The van der Waals surface area contributed by atoms with E-state index in [0.717, 1.165) is 12.8 Å². The molecular weight excluding hydrogens is 347 g/mol. The molecule has 1 aliphatic rings. The van der Waals surface area contributed by atoms with Crippen LogP contribution in [-0.4, -0.2) is 19.8 Å². The van der Waals surface area contributed by atoms with E-state index < -0.39 is 11.7 Å². The Morgan fingerprint density at radius 3 is 2.57 bits per heavy atom. The minimum atomic E-state index is -4.35. The summed E-state index contributed by atoms with van der Waals surface area (Å²) in [5, 5.41) is 3.23. The number of alkyl halides is 3. The molecule has 0 spiro atoms. The molecule has 21 heavy (non-hydrogen) atoms. The van der Waals surface area contributed by atoms with Crippen molar-refractivity contribution >= 4 is 15.9 Å². The molecule has 1 saturated heterocycles. The fraction of sp³-hybridized carbons (Fsp3) is 0.600. The molecule has 0 bridgehead atoms. The van der Waals surface area contributed by atoms with E-state index in [0.29, 0.717) is 29.8 Å². The van der Waals surface area contributed by atoms with Gasteiger partial charge in [-0.1, -0.05) is 28.9 Å². The molecule has 1 aromatic carbocycles. The first-order valence-corrected chi connectivity index (χ1v) is 7.90. The lowest BCUT2D eigenvalue weighted by Gasteiger charge is -2.32. The van der Waals surface area contributed by atoms with Gasteiger partial charge in [0.2, 0.25) is 0 Å². The summed E-state index contributed by atoms with van der Waals surface area (Å²) in [4.78, 5) is 0. The Labute approximate surface area is 131 Å². The van der Waals surface area contributed by atoms with E-state index in [1.54, 1.807) is 12.1 Å². The van der Waals surface area contributed by atoms with E-state index >= 15 is 0 Å². The molecule has 1 atom stereocenters. The van der Waals surface area contributed by atoms with Crippen molar-refractivity contribution in [3.8, 4) is 0 Å². The van der Waals surface area contributed by atoms with Crippen LogP contribution in [0.2, 0.25) is 0 Å². The molecule has 2 rings (SSSR count). The molecule has 0 radical (unpaired) electrons. The Morgan fingerprint density at radius 1 is 1.33 bits per heavy atom. The van der Waals surface area contributed by atoms with Crippen molar-refractivity contribution in [2.24, 2.45) is 5.92 Å². The standard InChI is InChI=1S/C15H19BrF3NO/c1-2-20-14(10-5-7-21-8-6-10)12-4-3-11(16)9-13(12)15(17,18)19/h3-4,9-10,14,20H,2,5-8H2,1H3. The molecule has 0 saturated carbocycles. The Kier molecular flexibility index (Phi) is 5.68. The molecule has 2 nitrogen and oxygen atoms in total. The third-order valence-electron chi connectivity index (χ3n) is 3.82. The molecular formula is C15H19BrF3NO. The predicted octanol–water partition coefficient (Wildman–Crippen LogP) is 4.55. The zero-order chi connectivity index (χ0) is 15.5. The number of hydrogen-bond acceptors (Lipinski definition) is 2. The maximum absolute atomic E-state index is 13.3. The fourth-order valence-electron chi connectivity index (χ4n) is 2.84. The average Bonchev–Trinajstić information content (AvgIpc) is 2.45. The number of ether oxygens (including phenoxy) is 1. The lowest BCUT2D eigenvalue weighted by molar-refractivity contribution is -0.138. The van der Waals surface area contributed by atoms with Gasteiger partial charge in [-0.25, -0.2) is 0 Å². The number of benzene rings is 1. The van der Waals surface area contributed by atoms with E-state index in [1.807, 2.05) is 6.92 Å². The van der Waals surface area contributed by atoms with Crippen LogP contribution in [0, 0.1) is 5.92 Å². The van der Waals surface area contributed by atoms with Gasteiger partial charge in [-0.2, -0.15) is 13.2 Å². The van der Waals surface area contributed by atoms with Crippen molar-refractivity contribution in [1.82, 2.24) is 5.32 Å². The van der Waals surface area contributed by atoms with Gasteiger partial charge >= 0.3 is 6.18 Å². The van der Waals surface area contributed by atoms with E-state index in [9.17, 15) is 13.2 Å². The number of halogens is 4. The van der Waals surface area contributed by atoms with Crippen LogP contribution >= 0.6 is 15.9 Å². The van der Waals surface area contributed by atoms with Crippen molar-refractivity contribution in [3.05, 3.63) is 33.8 Å². The number of rotatable bonds is 4. The molecule has 118 valence electrons. The van der Waals surface area contributed by atoms with Crippen molar-refractivity contribution in [3.63, 3.8) is 0 Å². The van der Waals surface area contributed by atoms with Gasteiger partial charge in [-0.3, -0.25) is 0 Å². The van der Waals surface area contributed by atoms with E-state index in [-0.39, 0.29) is 12.0 Å². The summed E-state index contributed by atoms with van der Waals surface area (Å²) in [6, 6.07) is 4.13. The average molecular weight is 366 g/mol. The summed E-state index contributed by atoms with van der Waals surface area (Å²) in [7, 11) is 0. The normalized spacial score (nSPS) is 18.7. The molecule has 1 aliphatic heterocycles. The van der Waals surface area contributed by atoms with Crippen molar-refractivity contribution in [2.45, 2.75) is 32.0 Å². The predicted molar refractivity (Wildman–Crippen MR) is 79.1 cm³/mol. The lowest BCUT2D eigenvalue weighted by atomic mass is 9.85. The zero-order valence-electron chi connectivity index (χ0n) is 11.8. The number of nitrogens with one attached hydrogen (secondary N) is 1. The van der Waals surface area contributed by atoms with Crippen molar-refractivity contribution < 1.29 is 17.9 Å². The molecule has 1 unspecified atom stereocenters. The van der Waals surface area contributed by atoms with Crippen LogP contribution in [0.3, 0.4) is 0 Å². The highest BCUT2D eigenvalue weighted by molar-refractivity contribution is 9.10. The minimum absolute atomic E-state index is 0.168. The molecule has 1 heterocycles. The van der Waals surface area contributed by atoms with Crippen LogP contribution in [0.5, 0.6) is 0 Å². The van der Waals surface area contributed by atoms with E-state index in [4.69, 9.17) is 4.74 Å². The third-order valence-corrected chi connectivity index (χ3v) is 4.31. The van der Waals surface area contributed by atoms with Gasteiger partial charge in [0.25, 0.3) is 0 Å². The molecule has 0 aromatic heterocycles. The molecule has 1 aromatic rings. The summed E-state index contributed by atoms with van der Waals surface area (Å²) >= 11 is 3.13. The molecule has 1 fully saturated rings. The number of hydrogen-bond donors (Lipinski definition) is 1. The van der Waals surface area contributed by atoms with Crippen LogP contribution in [0.15, 0.2) is 22.7 Å². The first kappa shape index (κ1) is 16.8. The molecule has 1 N–H and O–H groups in total. The van der Waals surface area contributed by atoms with Crippen LogP contribution in [0.25, 0.3) is 0 Å². The quantitative estimate of drug-likeness (QED) is 0.845. The van der Waals surface area contributed by atoms with Crippen molar-refractivity contribution in [2.75, 3.05) is 19.8 Å². The summed E-state index contributed by atoms with van der Waals surface area (Å²) in [5.74, 6) is 0.168. The second-order valence-corrected chi connectivity index (χ2v) is 6.13. The Balaban J connectivity index is 2.39. The second kappa shape index (κ2) is 7.11. The minimum Gasteiger partial charge on any atom is -0.381 e. The van der Waals surface area contributed by atoms with Crippen LogP contribution in [0.1, 0.15) is 36.9 Å². The first-order valence-electron chi connectivity index (χ1n) is 7.11. The summed E-state index contributed by atoms with van der Waals surface area (Å²) in [6.45, 7) is 3.78.